The monoisotopic (exact) mass is 726 g/mol. The summed E-state index contributed by atoms with van der Waals surface area (Å²) in [7, 11) is -1.28. The molecule has 2 unspecified atom stereocenters. The number of fused-ring (bicyclic) bond motifs is 2. The number of benzene rings is 3. The minimum Gasteiger partial charge on any atom is -0.464 e. The number of rotatable bonds is 9. The van der Waals surface area contributed by atoms with E-state index in [1.54, 1.807) is 74.4 Å². The van der Waals surface area contributed by atoms with Gasteiger partial charge in [0.1, 0.15) is 11.6 Å². The summed E-state index contributed by atoms with van der Waals surface area (Å²) in [6.07, 6.45) is 2.19. The van der Waals surface area contributed by atoms with Crippen LogP contribution in [0.25, 0.3) is 11.0 Å². The number of nitrogens with one attached hydrogen (secondary N) is 1. The van der Waals surface area contributed by atoms with Crippen molar-refractivity contribution in [1.29, 1.82) is 0 Å². The molecule has 0 aliphatic carbocycles. The summed E-state index contributed by atoms with van der Waals surface area (Å²) in [5.74, 6) is -2.34. The zero-order valence-corrected chi connectivity index (χ0v) is 30.0. The Labute approximate surface area is 296 Å². The van der Waals surface area contributed by atoms with Gasteiger partial charge < -0.3 is 24.1 Å². The first-order valence-corrected chi connectivity index (χ1v) is 17.8. The van der Waals surface area contributed by atoms with Crippen molar-refractivity contribution in [3.05, 3.63) is 98.7 Å². The fourth-order valence-corrected chi connectivity index (χ4v) is 6.76. The van der Waals surface area contributed by atoms with Crippen LogP contribution >= 0.6 is 23.2 Å². The van der Waals surface area contributed by atoms with Gasteiger partial charge in [0, 0.05) is 59.3 Å². The van der Waals surface area contributed by atoms with E-state index in [4.69, 9.17) is 37.1 Å². The van der Waals surface area contributed by atoms with E-state index in [9.17, 15) is 23.4 Å². The zero-order valence-electron chi connectivity index (χ0n) is 27.6. The lowest BCUT2D eigenvalue weighted by molar-refractivity contribution is -0.191. The van der Waals surface area contributed by atoms with Crippen LogP contribution in [0.15, 0.2) is 70.2 Å². The standard InChI is InChI=1S/C36H36Cl2N2O8S/c1-20(48-35(44)36(2,3)4)47-34(43)28(16-21-7-6-8-25(15-21)49(5)45)39-32(41)30-27(37)17-24-19-40(13-11-26(24)31(30)38)33(42)23-10-9-22-12-14-46-29(22)18-23/h6-10,12,14-15,17-18,20,28H,11,13,16,19H2,1-5H3,(H,39,41)/t20?,28-,49?/m0/s1. The molecule has 0 saturated heterocycles. The first-order valence-electron chi connectivity index (χ1n) is 15.5. The molecule has 10 nitrogen and oxygen atoms in total. The fraction of sp³-hybridized carbons (Fsp3) is 0.333. The van der Waals surface area contributed by atoms with Gasteiger partial charge in [0.05, 0.1) is 27.3 Å². The second-order valence-electron chi connectivity index (χ2n) is 12.8. The van der Waals surface area contributed by atoms with E-state index in [1.807, 2.05) is 12.1 Å². The van der Waals surface area contributed by atoms with Gasteiger partial charge in [-0.15, -0.1) is 0 Å². The number of nitrogens with zero attached hydrogens (tertiary/aromatic N) is 1. The molecule has 0 fully saturated rings. The maximum atomic E-state index is 13.8. The largest absolute Gasteiger partial charge is 0.464 e. The lowest BCUT2D eigenvalue weighted by Gasteiger charge is -2.30. The van der Waals surface area contributed by atoms with Crippen molar-refractivity contribution in [3.8, 4) is 0 Å². The number of carbonyl (C=O) groups is 4. The molecule has 1 aliphatic rings. The van der Waals surface area contributed by atoms with Gasteiger partial charge in [0.2, 0.25) is 6.29 Å². The predicted octanol–water partition coefficient (Wildman–Crippen LogP) is 6.50. The summed E-state index contributed by atoms with van der Waals surface area (Å²) in [6.45, 7) is 6.98. The minimum atomic E-state index is -1.28. The molecule has 49 heavy (non-hydrogen) atoms. The number of hydrogen-bond donors (Lipinski definition) is 1. The number of amides is 2. The molecule has 3 aromatic carbocycles. The molecule has 258 valence electrons. The highest BCUT2D eigenvalue weighted by Crippen LogP contribution is 2.35. The molecule has 2 heterocycles. The number of ether oxygens (including phenoxy) is 2. The van der Waals surface area contributed by atoms with Crippen molar-refractivity contribution >= 4 is 68.7 Å². The highest BCUT2D eigenvalue weighted by molar-refractivity contribution is 7.84. The van der Waals surface area contributed by atoms with Crippen LogP contribution in [0.2, 0.25) is 10.0 Å². The maximum absolute atomic E-state index is 13.8. The summed E-state index contributed by atoms with van der Waals surface area (Å²) in [5.41, 5.74) is 2.20. The van der Waals surface area contributed by atoms with E-state index in [0.29, 0.717) is 45.7 Å². The second-order valence-corrected chi connectivity index (χ2v) is 15.0. The van der Waals surface area contributed by atoms with Crippen LogP contribution < -0.4 is 5.32 Å². The Hall–Kier alpha value is -4.19. The summed E-state index contributed by atoms with van der Waals surface area (Å²) in [6, 6.07) is 14.2. The SMILES string of the molecule is CC(OC(=O)[C@H](Cc1cccc(S(C)=O)c1)NC(=O)c1c(Cl)cc2c(c1Cl)CCN(C(=O)c1ccc3ccoc3c1)C2)OC(=O)C(C)(C)C. The van der Waals surface area contributed by atoms with Gasteiger partial charge in [-0.2, -0.15) is 0 Å². The van der Waals surface area contributed by atoms with Crippen LogP contribution in [-0.2, 0) is 49.2 Å². The second kappa shape index (κ2) is 14.7. The number of furan rings is 1. The van der Waals surface area contributed by atoms with Crippen LogP contribution in [-0.4, -0.2) is 58.0 Å². The van der Waals surface area contributed by atoms with Gasteiger partial charge in [-0.05, 0) is 80.3 Å². The molecule has 1 aliphatic heterocycles. The molecule has 1 aromatic heterocycles. The van der Waals surface area contributed by atoms with Crippen molar-refractivity contribution < 1.29 is 37.3 Å². The lowest BCUT2D eigenvalue weighted by atomic mass is 9.95. The van der Waals surface area contributed by atoms with Crippen LogP contribution in [0.1, 0.15) is 65.1 Å². The highest BCUT2D eigenvalue weighted by Gasteiger charge is 2.32. The molecule has 0 bridgehead atoms. The van der Waals surface area contributed by atoms with Gasteiger partial charge in [-0.1, -0.05) is 41.4 Å². The van der Waals surface area contributed by atoms with E-state index in [2.05, 4.69) is 5.32 Å². The Balaban J connectivity index is 1.36. The maximum Gasteiger partial charge on any atom is 0.332 e. The Morgan fingerprint density at radius 2 is 1.80 bits per heavy atom. The van der Waals surface area contributed by atoms with Gasteiger partial charge in [-0.3, -0.25) is 18.6 Å². The average molecular weight is 728 g/mol. The van der Waals surface area contributed by atoms with E-state index in [0.717, 1.165) is 5.39 Å². The van der Waals surface area contributed by atoms with Crippen LogP contribution in [0.5, 0.6) is 0 Å². The predicted molar refractivity (Wildman–Crippen MR) is 186 cm³/mol. The fourth-order valence-electron chi connectivity index (χ4n) is 5.41. The molecule has 0 saturated carbocycles. The smallest absolute Gasteiger partial charge is 0.332 e. The molecule has 5 rings (SSSR count). The van der Waals surface area contributed by atoms with Gasteiger partial charge in [0.25, 0.3) is 11.8 Å². The van der Waals surface area contributed by atoms with Crippen LogP contribution in [0, 0.1) is 5.41 Å². The molecule has 3 atom stereocenters. The summed E-state index contributed by atoms with van der Waals surface area (Å²) >= 11 is 13.5. The van der Waals surface area contributed by atoms with Gasteiger partial charge >= 0.3 is 11.9 Å². The topological polar surface area (TPSA) is 132 Å². The van der Waals surface area contributed by atoms with Crippen molar-refractivity contribution in [2.45, 2.75) is 64.3 Å². The van der Waals surface area contributed by atoms with E-state index >= 15 is 0 Å². The Morgan fingerprint density at radius 1 is 1.04 bits per heavy atom. The van der Waals surface area contributed by atoms with E-state index in [-0.39, 0.29) is 34.5 Å². The Morgan fingerprint density at radius 3 is 2.51 bits per heavy atom. The van der Waals surface area contributed by atoms with Crippen molar-refractivity contribution in [3.63, 3.8) is 0 Å². The number of halogens is 2. The average Bonchev–Trinajstić information content (AvgIpc) is 3.51. The third-order valence-corrected chi connectivity index (χ3v) is 9.68. The van der Waals surface area contributed by atoms with Crippen molar-refractivity contribution in [2.24, 2.45) is 5.41 Å². The normalized spacial score (nSPS) is 14.8. The Kier molecular flexibility index (Phi) is 10.9. The first kappa shape index (κ1) is 36.1. The van der Waals surface area contributed by atoms with Crippen LogP contribution in [0.3, 0.4) is 0 Å². The molecule has 0 spiro atoms. The number of hydrogen-bond acceptors (Lipinski definition) is 8. The van der Waals surface area contributed by atoms with Crippen molar-refractivity contribution in [1.82, 2.24) is 10.2 Å². The molecular weight excluding hydrogens is 691 g/mol. The Bertz CT molecular complexity index is 1970. The van der Waals surface area contributed by atoms with Crippen molar-refractivity contribution in [2.75, 3.05) is 12.8 Å². The lowest BCUT2D eigenvalue weighted by Crippen LogP contribution is -2.45. The summed E-state index contributed by atoms with van der Waals surface area (Å²) in [5, 5.41) is 3.74. The summed E-state index contributed by atoms with van der Waals surface area (Å²) in [4.78, 5) is 55.2. The molecule has 0 radical (unpaired) electrons. The van der Waals surface area contributed by atoms with E-state index in [1.165, 1.54) is 13.2 Å². The molecule has 2 amide bonds. The third-order valence-electron chi connectivity index (χ3n) is 8.05. The summed E-state index contributed by atoms with van der Waals surface area (Å²) < 4.78 is 28.3. The molecule has 4 aromatic rings. The quantitative estimate of drug-likeness (QED) is 0.153. The van der Waals surface area contributed by atoms with Crippen LogP contribution in [0.4, 0.5) is 0 Å². The molecular formula is C36H36Cl2N2O8S. The number of carbonyl (C=O) groups excluding carboxylic acids is 4. The molecule has 13 heteroatoms. The third kappa shape index (κ3) is 8.34. The molecule has 1 N–H and O–H groups in total. The minimum absolute atomic E-state index is 0.0291. The van der Waals surface area contributed by atoms with Gasteiger partial charge in [-0.25, -0.2) is 4.79 Å². The van der Waals surface area contributed by atoms with Gasteiger partial charge in [0.15, 0.2) is 0 Å². The first-order chi connectivity index (χ1) is 23.1. The van der Waals surface area contributed by atoms with E-state index < -0.39 is 46.4 Å². The zero-order chi connectivity index (χ0) is 35.6. The number of esters is 2. The highest BCUT2D eigenvalue weighted by atomic mass is 35.5.